The van der Waals surface area contributed by atoms with Crippen LogP contribution in [0.5, 0.6) is 5.75 Å². The van der Waals surface area contributed by atoms with E-state index >= 15 is 0 Å². The minimum atomic E-state index is -0.231. The average Bonchev–Trinajstić information content (AvgIpc) is 2.96. The average molecular weight is 451 g/mol. The Morgan fingerprint density at radius 3 is 2.64 bits per heavy atom. The first kappa shape index (κ1) is 19.3. The molecule has 0 spiro atoms. The van der Waals surface area contributed by atoms with Gasteiger partial charge in [0.15, 0.2) is 0 Å². The van der Waals surface area contributed by atoms with Crippen molar-refractivity contribution in [1.82, 2.24) is 5.32 Å². The van der Waals surface area contributed by atoms with Gasteiger partial charge in [-0.05, 0) is 42.0 Å². The molecule has 2 aliphatic heterocycles. The normalized spacial score (nSPS) is 17.4. The van der Waals surface area contributed by atoms with Gasteiger partial charge >= 0.3 is 0 Å². The van der Waals surface area contributed by atoms with Gasteiger partial charge in [-0.25, -0.2) is 0 Å². The Balaban J connectivity index is 1.70. The highest BCUT2D eigenvalue weighted by atomic mass is 35.5. The molecule has 28 heavy (non-hydrogen) atoms. The molecule has 142 valence electrons. The highest BCUT2D eigenvalue weighted by molar-refractivity contribution is 8.26. The summed E-state index contributed by atoms with van der Waals surface area (Å²) in [6, 6.07) is 10.1. The van der Waals surface area contributed by atoms with E-state index in [2.05, 4.69) is 5.32 Å². The lowest BCUT2D eigenvalue weighted by Crippen LogP contribution is -2.38. The van der Waals surface area contributed by atoms with Crippen LogP contribution in [0.15, 0.2) is 41.3 Å². The number of anilines is 1. The highest BCUT2D eigenvalue weighted by Crippen LogP contribution is 2.35. The number of thiocarbonyl (C=S) groups is 1. The van der Waals surface area contributed by atoms with Gasteiger partial charge in [-0.15, -0.1) is 0 Å². The molecule has 1 N–H and O–H groups in total. The number of nitrogens with zero attached hydrogens (tertiary/aromatic N) is 1. The van der Waals surface area contributed by atoms with Crippen LogP contribution in [0.3, 0.4) is 0 Å². The second-order valence-corrected chi connectivity index (χ2v) is 8.63. The van der Waals surface area contributed by atoms with Gasteiger partial charge in [0.05, 0.1) is 17.1 Å². The molecule has 9 heteroatoms. The third kappa shape index (κ3) is 3.89. The number of benzene rings is 2. The first-order valence-corrected chi connectivity index (χ1v) is 10.2. The summed E-state index contributed by atoms with van der Waals surface area (Å²) >= 11 is 18.3. The number of hydrogen-bond acceptors (Lipinski definition) is 5. The predicted molar refractivity (Wildman–Crippen MR) is 116 cm³/mol. The van der Waals surface area contributed by atoms with Crippen molar-refractivity contribution in [3.8, 4) is 5.75 Å². The molecule has 2 heterocycles. The number of ether oxygens (including phenoxy) is 1. The van der Waals surface area contributed by atoms with E-state index in [0.29, 0.717) is 49.4 Å². The van der Waals surface area contributed by atoms with E-state index in [4.69, 9.17) is 40.2 Å². The molecule has 0 atom stereocenters. The predicted octanol–water partition coefficient (Wildman–Crippen LogP) is 4.52. The van der Waals surface area contributed by atoms with Gasteiger partial charge in [-0.2, -0.15) is 0 Å². The van der Waals surface area contributed by atoms with E-state index in [-0.39, 0.29) is 11.8 Å². The SMILES string of the molecule is O=C1NC(=S)S/C1=C\c1ccc2c(c1)N(C(=O)c1cc(Cl)cc(Cl)c1)CCO2. The molecule has 0 aliphatic carbocycles. The zero-order valence-corrected chi connectivity index (χ0v) is 17.3. The number of hydrogen-bond donors (Lipinski definition) is 1. The smallest absolute Gasteiger partial charge is 0.263 e. The molecule has 0 aromatic heterocycles. The van der Waals surface area contributed by atoms with Crippen molar-refractivity contribution in [3.05, 3.63) is 62.5 Å². The molecule has 0 radical (unpaired) electrons. The quantitative estimate of drug-likeness (QED) is 0.538. The summed E-state index contributed by atoms with van der Waals surface area (Å²) in [7, 11) is 0. The summed E-state index contributed by atoms with van der Waals surface area (Å²) in [5.41, 5.74) is 1.77. The minimum Gasteiger partial charge on any atom is -0.490 e. The van der Waals surface area contributed by atoms with Gasteiger partial charge in [0.2, 0.25) is 0 Å². The van der Waals surface area contributed by atoms with E-state index in [1.165, 1.54) is 11.8 Å². The van der Waals surface area contributed by atoms with Gasteiger partial charge in [0.25, 0.3) is 11.8 Å². The van der Waals surface area contributed by atoms with Crippen LogP contribution in [0.4, 0.5) is 5.69 Å². The lowest BCUT2D eigenvalue weighted by molar-refractivity contribution is -0.115. The van der Waals surface area contributed by atoms with Gasteiger partial charge in [0.1, 0.15) is 16.7 Å². The number of carbonyl (C=O) groups excluding carboxylic acids is 2. The maximum atomic E-state index is 13.1. The van der Waals surface area contributed by atoms with Crippen molar-refractivity contribution >= 4 is 75.1 Å². The molecule has 2 aromatic rings. The number of nitrogens with one attached hydrogen (secondary N) is 1. The third-order valence-electron chi connectivity index (χ3n) is 4.14. The number of fused-ring (bicyclic) bond motifs is 1. The molecule has 2 aromatic carbocycles. The number of carbonyl (C=O) groups is 2. The van der Waals surface area contributed by atoms with Crippen LogP contribution in [-0.2, 0) is 4.79 Å². The Morgan fingerprint density at radius 2 is 1.96 bits per heavy atom. The molecular formula is C19H12Cl2N2O3S2. The fourth-order valence-corrected chi connectivity index (χ4v) is 4.51. The van der Waals surface area contributed by atoms with Crippen molar-refractivity contribution in [3.63, 3.8) is 0 Å². The standard InChI is InChI=1S/C19H12Cl2N2O3S2/c20-12-7-11(8-13(21)9-12)18(25)23-3-4-26-15-2-1-10(5-14(15)23)6-16-17(24)22-19(27)28-16/h1-2,5-9H,3-4H2,(H,22,24,27)/b16-6-. The molecule has 0 saturated carbocycles. The van der Waals surface area contributed by atoms with E-state index in [1.54, 1.807) is 41.3 Å². The molecule has 1 fully saturated rings. The van der Waals surface area contributed by atoms with Crippen molar-refractivity contribution in [2.75, 3.05) is 18.1 Å². The summed E-state index contributed by atoms with van der Waals surface area (Å²) < 4.78 is 6.10. The Morgan fingerprint density at radius 1 is 1.21 bits per heavy atom. The number of halogens is 2. The minimum absolute atomic E-state index is 0.229. The topological polar surface area (TPSA) is 58.6 Å². The van der Waals surface area contributed by atoms with Crippen molar-refractivity contribution < 1.29 is 14.3 Å². The molecule has 0 unspecified atom stereocenters. The van der Waals surface area contributed by atoms with Crippen LogP contribution >= 0.6 is 47.2 Å². The Kier molecular flexibility index (Phi) is 5.33. The van der Waals surface area contributed by atoms with Gasteiger partial charge in [-0.1, -0.05) is 53.2 Å². The zero-order chi connectivity index (χ0) is 19.8. The van der Waals surface area contributed by atoms with Crippen LogP contribution in [0.1, 0.15) is 15.9 Å². The molecule has 1 saturated heterocycles. The lowest BCUT2D eigenvalue weighted by Gasteiger charge is -2.30. The first-order chi connectivity index (χ1) is 13.4. The van der Waals surface area contributed by atoms with Crippen molar-refractivity contribution in [2.24, 2.45) is 0 Å². The van der Waals surface area contributed by atoms with E-state index < -0.39 is 0 Å². The van der Waals surface area contributed by atoms with Crippen LogP contribution in [0.25, 0.3) is 6.08 Å². The van der Waals surface area contributed by atoms with Crippen LogP contribution in [0, 0.1) is 0 Å². The molecule has 2 amide bonds. The number of rotatable bonds is 2. The van der Waals surface area contributed by atoms with Crippen molar-refractivity contribution in [1.29, 1.82) is 0 Å². The van der Waals surface area contributed by atoms with Crippen LogP contribution < -0.4 is 15.0 Å². The summed E-state index contributed by atoms with van der Waals surface area (Å²) in [5.74, 6) is 0.132. The second-order valence-electron chi connectivity index (χ2n) is 6.04. The highest BCUT2D eigenvalue weighted by Gasteiger charge is 2.26. The maximum Gasteiger partial charge on any atom is 0.263 e. The van der Waals surface area contributed by atoms with Crippen LogP contribution in [-0.4, -0.2) is 29.3 Å². The number of thioether (sulfide) groups is 1. The van der Waals surface area contributed by atoms with Crippen LogP contribution in [0.2, 0.25) is 10.0 Å². The molecular weight excluding hydrogens is 439 g/mol. The summed E-state index contributed by atoms with van der Waals surface area (Å²) in [6.45, 7) is 0.759. The molecule has 4 rings (SSSR count). The molecule has 2 aliphatic rings. The van der Waals surface area contributed by atoms with E-state index in [1.807, 2.05) is 6.07 Å². The van der Waals surface area contributed by atoms with Crippen molar-refractivity contribution in [2.45, 2.75) is 0 Å². The Bertz CT molecular complexity index is 1040. The Labute approximate surface area is 180 Å². The molecule has 5 nitrogen and oxygen atoms in total. The molecule has 0 bridgehead atoms. The zero-order valence-electron chi connectivity index (χ0n) is 14.2. The van der Waals surface area contributed by atoms with Gasteiger partial charge in [-0.3, -0.25) is 9.59 Å². The lowest BCUT2D eigenvalue weighted by atomic mass is 10.1. The number of amides is 2. The summed E-state index contributed by atoms with van der Waals surface area (Å²) in [6.07, 6.45) is 1.73. The fraction of sp³-hybridized carbons (Fsp3) is 0.105. The van der Waals surface area contributed by atoms with Gasteiger partial charge < -0.3 is 15.0 Å². The summed E-state index contributed by atoms with van der Waals surface area (Å²) in [4.78, 5) is 27.1. The fourth-order valence-electron chi connectivity index (χ4n) is 2.94. The summed E-state index contributed by atoms with van der Waals surface area (Å²) in [5, 5.41) is 3.36. The van der Waals surface area contributed by atoms with E-state index in [9.17, 15) is 9.59 Å². The second kappa shape index (κ2) is 7.75. The van der Waals surface area contributed by atoms with Gasteiger partial charge in [0, 0.05) is 15.6 Å². The third-order valence-corrected chi connectivity index (χ3v) is 5.74. The monoisotopic (exact) mass is 450 g/mol. The first-order valence-electron chi connectivity index (χ1n) is 8.20. The Hall–Kier alpha value is -2.06. The van der Waals surface area contributed by atoms with E-state index in [0.717, 1.165) is 5.56 Å². The largest absolute Gasteiger partial charge is 0.490 e. The maximum absolute atomic E-state index is 13.1.